The van der Waals surface area contributed by atoms with Crippen LogP contribution in [0.4, 0.5) is 0 Å². The van der Waals surface area contributed by atoms with E-state index in [0.717, 1.165) is 27.7 Å². The summed E-state index contributed by atoms with van der Waals surface area (Å²) in [5, 5.41) is 1.61. The van der Waals surface area contributed by atoms with Crippen LogP contribution in [0.1, 0.15) is 33.2 Å². The number of H-pyrrole nitrogens is 1. The number of hydrogen-bond acceptors (Lipinski definition) is 4. The maximum absolute atomic E-state index is 11.9. The van der Waals surface area contributed by atoms with Gasteiger partial charge in [-0.25, -0.2) is 4.79 Å². The molecule has 0 spiro atoms. The Bertz CT molecular complexity index is 1340. The zero-order valence-corrected chi connectivity index (χ0v) is 20.3. The van der Waals surface area contributed by atoms with Crippen LogP contribution in [0.2, 0.25) is 0 Å². The smallest absolute Gasteiger partial charge is 0.337 e. The van der Waals surface area contributed by atoms with E-state index < -0.39 is 0 Å². The maximum atomic E-state index is 11.9. The number of aromatic nitrogens is 1. The first kappa shape index (κ1) is 21.7. The third kappa shape index (κ3) is 4.14. The second-order valence-corrected chi connectivity index (χ2v) is 9.11. The number of fused-ring (bicyclic) bond motifs is 3. The van der Waals surface area contributed by atoms with Gasteiger partial charge in [-0.1, -0.05) is 46.3 Å². The molecule has 3 aromatic carbocycles. The highest BCUT2D eigenvalue weighted by Crippen LogP contribution is 2.39. The van der Waals surface area contributed by atoms with E-state index in [-0.39, 0.29) is 12.0 Å². The van der Waals surface area contributed by atoms with Gasteiger partial charge < -0.3 is 19.4 Å². The summed E-state index contributed by atoms with van der Waals surface area (Å²) in [5.41, 5.74) is 4.95. The average Bonchev–Trinajstić information content (AvgIpc) is 3.21. The summed E-state index contributed by atoms with van der Waals surface area (Å²) < 4.78 is 12.0. The van der Waals surface area contributed by atoms with E-state index in [9.17, 15) is 4.79 Å². The van der Waals surface area contributed by atoms with E-state index in [2.05, 4.69) is 37.9 Å². The molecule has 5 rings (SSSR count). The highest BCUT2D eigenvalue weighted by molar-refractivity contribution is 9.10. The lowest BCUT2D eigenvalue weighted by Gasteiger charge is -2.37. The van der Waals surface area contributed by atoms with Gasteiger partial charge in [-0.3, -0.25) is 0 Å². The van der Waals surface area contributed by atoms with E-state index in [1.807, 2.05) is 48.5 Å². The zero-order valence-electron chi connectivity index (χ0n) is 17.9. The Morgan fingerprint density at radius 3 is 2.58 bits per heavy atom. The minimum Gasteiger partial charge on any atom is -0.465 e. The Labute approximate surface area is 205 Å². The topological polar surface area (TPSA) is 54.6 Å². The number of benzene rings is 3. The van der Waals surface area contributed by atoms with Crippen LogP contribution in [0.15, 0.2) is 77.3 Å². The first-order valence-corrected chi connectivity index (χ1v) is 11.8. The standard InChI is InChI=1S/C26H21BrN2O3S/c1-31-25(30)17-9-7-16(8-10-17)24-23-20(21-15-18(27)11-12-22(21)28-23)13-14-29(24)26(33)32-19-5-3-2-4-6-19/h2-12,15,24,28H,13-14H2,1H3. The van der Waals surface area contributed by atoms with Gasteiger partial charge >= 0.3 is 5.97 Å². The molecule has 1 atom stereocenters. The first-order valence-electron chi connectivity index (χ1n) is 10.6. The molecular formula is C26H21BrN2O3S. The third-order valence-corrected chi connectivity index (χ3v) is 6.73. The number of para-hydroxylation sites is 1. The largest absolute Gasteiger partial charge is 0.465 e. The van der Waals surface area contributed by atoms with Crippen LogP contribution in [-0.4, -0.2) is 34.7 Å². The van der Waals surface area contributed by atoms with Gasteiger partial charge in [-0.05, 0) is 72.2 Å². The number of methoxy groups -OCH3 is 1. The summed E-state index contributed by atoms with van der Waals surface area (Å²) >= 11 is 9.35. The Morgan fingerprint density at radius 2 is 1.85 bits per heavy atom. The lowest BCUT2D eigenvalue weighted by molar-refractivity contribution is 0.0600. The summed E-state index contributed by atoms with van der Waals surface area (Å²) in [4.78, 5) is 17.7. The Hall–Kier alpha value is -3.16. The molecule has 1 aliphatic heterocycles. The van der Waals surface area contributed by atoms with Crippen LogP contribution in [-0.2, 0) is 11.2 Å². The second kappa shape index (κ2) is 9.00. The Kier molecular flexibility index (Phi) is 5.91. The molecule has 1 unspecified atom stereocenters. The zero-order chi connectivity index (χ0) is 22.9. The van der Waals surface area contributed by atoms with Crippen LogP contribution < -0.4 is 4.74 Å². The van der Waals surface area contributed by atoms with Crippen molar-refractivity contribution in [2.45, 2.75) is 12.5 Å². The molecule has 0 saturated heterocycles. The van der Waals surface area contributed by atoms with Gasteiger partial charge in [0.2, 0.25) is 0 Å². The van der Waals surface area contributed by atoms with Crippen LogP contribution in [0, 0.1) is 0 Å². The van der Waals surface area contributed by atoms with E-state index in [1.54, 1.807) is 12.1 Å². The van der Waals surface area contributed by atoms with E-state index >= 15 is 0 Å². The molecule has 4 aromatic rings. The lowest BCUT2D eigenvalue weighted by Crippen LogP contribution is -2.42. The first-order chi connectivity index (χ1) is 16.0. The van der Waals surface area contributed by atoms with Crippen molar-refractivity contribution >= 4 is 50.2 Å². The summed E-state index contributed by atoms with van der Waals surface area (Å²) in [7, 11) is 1.38. The van der Waals surface area contributed by atoms with Crippen molar-refractivity contribution in [1.82, 2.24) is 9.88 Å². The number of esters is 1. The second-order valence-electron chi connectivity index (χ2n) is 7.85. The number of ether oxygens (including phenoxy) is 2. The molecule has 1 N–H and O–H groups in total. The van der Waals surface area contributed by atoms with Crippen LogP contribution >= 0.6 is 28.1 Å². The predicted molar refractivity (Wildman–Crippen MR) is 136 cm³/mol. The van der Waals surface area contributed by atoms with Crippen molar-refractivity contribution in [3.8, 4) is 5.75 Å². The van der Waals surface area contributed by atoms with Crippen molar-refractivity contribution in [3.63, 3.8) is 0 Å². The fraction of sp³-hybridized carbons (Fsp3) is 0.154. The molecule has 33 heavy (non-hydrogen) atoms. The molecule has 2 heterocycles. The fourth-order valence-electron chi connectivity index (χ4n) is 4.37. The molecule has 0 fully saturated rings. The van der Waals surface area contributed by atoms with Crippen molar-refractivity contribution < 1.29 is 14.3 Å². The monoisotopic (exact) mass is 520 g/mol. The molecule has 5 nitrogen and oxygen atoms in total. The molecule has 166 valence electrons. The van der Waals surface area contributed by atoms with Crippen LogP contribution in [0.5, 0.6) is 5.75 Å². The van der Waals surface area contributed by atoms with Gasteiger partial charge in [0, 0.05) is 27.6 Å². The van der Waals surface area contributed by atoms with Crippen LogP contribution in [0.3, 0.4) is 0 Å². The van der Waals surface area contributed by atoms with Crippen molar-refractivity contribution in [2.24, 2.45) is 0 Å². The summed E-state index contributed by atoms with van der Waals surface area (Å²) in [6.45, 7) is 0.710. The average molecular weight is 521 g/mol. The molecule has 0 bridgehead atoms. The van der Waals surface area contributed by atoms with Gasteiger partial charge in [0.25, 0.3) is 5.17 Å². The van der Waals surface area contributed by atoms with E-state index in [1.165, 1.54) is 18.1 Å². The Morgan fingerprint density at radius 1 is 1.09 bits per heavy atom. The number of carbonyl (C=O) groups is 1. The molecule has 0 saturated carbocycles. The highest BCUT2D eigenvalue weighted by atomic mass is 79.9. The fourth-order valence-corrected chi connectivity index (χ4v) is 5.03. The van der Waals surface area contributed by atoms with Crippen molar-refractivity contribution in [3.05, 3.63) is 99.7 Å². The predicted octanol–water partition coefficient (Wildman–Crippen LogP) is 6.03. The SMILES string of the molecule is COC(=O)c1ccc(C2c3[nH]c4ccc(Br)cc4c3CCN2C(=S)Oc2ccccc2)cc1. The normalized spacial score (nSPS) is 15.2. The third-order valence-electron chi connectivity index (χ3n) is 5.92. The van der Waals surface area contributed by atoms with Gasteiger partial charge in [0.05, 0.1) is 18.7 Å². The summed E-state index contributed by atoms with van der Waals surface area (Å²) in [6.07, 6.45) is 0.834. The van der Waals surface area contributed by atoms with Gasteiger partial charge in [-0.2, -0.15) is 0 Å². The number of hydrogen-bond donors (Lipinski definition) is 1. The van der Waals surface area contributed by atoms with Crippen molar-refractivity contribution in [2.75, 3.05) is 13.7 Å². The number of thiocarbonyl (C=S) groups is 1. The number of halogens is 1. The molecule has 1 aromatic heterocycles. The molecule has 7 heteroatoms. The van der Waals surface area contributed by atoms with Gasteiger partial charge in [-0.15, -0.1) is 0 Å². The molecule has 0 radical (unpaired) electrons. The molecule has 1 aliphatic rings. The number of rotatable bonds is 3. The molecule has 0 amide bonds. The maximum Gasteiger partial charge on any atom is 0.337 e. The van der Waals surface area contributed by atoms with Crippen LogP contribution in [0.25, 0.3) is 10.9 Å². The highest BCUT2D eigenvalue weighted by Gasteiger charge is 2.34. The number of nitrogens with one attached hydrogen (secondary N) is 1. The van der Waals surface area contributed by atoms with E-state index in [4.69, 9.17) is 21.7 Å². The lowest BCUT2D eigenvalue weighted by atomic mass is 9.92. The molecular weight excluding hydrogens is 500 g/mol. The van der Waals surface area contributed by atoms with Gasteiger partial charge in [0.15, 0.2) is 0 Å². The Balaban J connectivity index is 1.58. The van der Waals surface area contributed by atoms with Gasteiger partial charge in [0.1, 0.15) is 5.75 Å². The summed E-state index contributed by atoms with van der Waals surface area (Å²) in [6, 6.07) is 23.1. The minimum absolute atomic E-state index is 0.178. The quantitative estimate of drug-likeness (QED) is 0.264. The van der Waals surface area contributed by atoms with Crippen molar-refractivity contribution in [1.29, 1.82) is 0 Å². The number of nitrogens with zero attached hydrogens (tertiary/aromatic N) is 1. The van der Waals surface area contributed by atoms with E-state index in [0.29, 0.717) is 23.0 Å². The minimum atomic E-state index is -0.360. The number of carbonyl (C=O) groups excluding carboxylic acids is 1. The molecule has 0 aliphatic carbocycles. The number of aromatic amines is 1. The summed E-state index contributed by atoms with van der Waals surface area (Å²) in [5.74, 6) is 0.342.